The van der Waals surface area contributed by atoms with Crippen molar-refractivity contribution in [3.8, 4) is 11.3 Å². The molecule has 30 heavy (non-hydrogen) atoms. The van der Waals surface area contributed by atoms with Crippen LogP contribution in [0.4, 0.5) is 16.0 Å². The SMILES string of the molecule is CC(=O)NC1CCC(Nc2ncc(F)c(-c3cccc(N4CCCC4=O)c3)n2)CC1.[HH].[HH]. The molecule has 0 spiro atoms. The topological polar surface area (TPSA) is 87.2 Å². The Morgan fingerprint density at radius 3 is 2.70 bits per heavy atom. The summed E-state index contributed by atoms with van der Waals surface area (Å²) < 4.78 is 14.5. The second kappa shape index (κ2) is 8.77. The lowest BCUT2D eigenvalue weighted by Crippen LogP contribution is -2.39. The van der Waals surface area contributed by atoms with Crippen LogP contribution in [0.3, 0.4) is 0 Å². The number of hydrogen-bond acceptors (Lipinski definition) is 5. The first-order valence-corrected chi connectivity index (χ1v) is 10.5. The second-order valence-electron chi connectivity index (χ2n) is 7.98. The van der Waals surface area contributed by atoms with Gasteiger partial charge in [0.1, 0.15) is 5.69 Å². The lowest BCUT2D eigenvalue weighted by Gasteiger charge is -2.29. The molecule has 7 nitrogen and oxygen atoms in total. The monoisotopic (exact) mass is 415 g/mol. The molecule has 162 valence electrons. The standard InChI is InChI=1S/C22H26FN5O2.2H2/c1-14(29)25-16-7-9-17(10-8-16)26-22-24-13-19(23)21(27-22)15-4-2-5-18(12-15)28-11-3-6-20(28)30;;/h2,4-5,12-13,16-17H,3,6-11H2,1H3,(H,25,29)(H,24,26,27);2*1H. The van der Waals surface area contributed by atoms with Gasteiger partial charge in [0.05, 0.1) is 6.20 Å². The van der Waals surface area contributed by atoms with Crippen molar-refractivity contribution in [1.29, 1.82) is 0 Å². The van der Waals surface area contributed by atoms with E-state index in [4.69, 9.17) is 0 Å². The Hall–Kier alpha value is -3.03. The normalized spacial score (nSPS) is 21.5. The first-order chi connectivity index (χ1) is 14.5. The van der Waals surface area contributed by atoms with Crippen LogP contribution in [-0.2, 0) is 9.59 Å². The Balaban J connectivity index is 0.00000181. The third-order valence-corrected chi connectivity index (χ3v) is 5.72. The van der Waals surface area contributed by atoms with Crippen molar-refractivity contribution in [3.05, 3.63) is 36.3 Å². The number of carbonyl (C=O) groups is 2. The molecule has 1 aromatic heterocycles. The maximum absolute atomic E-state index is 14.5. The van der Waals surface area contributed by atoms with E-state index in [1.807, 2.05) is 12.1 Å². The molecular weight excluding hydrogens is 385 g/mol. The molecule has 2 heterocycles. The summed E-state index contributed by atoms with van der Waals surface area (Å²) in [4.78, 5) is 33.5. The maximum Gasteiger partial charge on any atom is 0.227 e. The smallest absolute Gasteiger partial charge is 0.227 e. The lowest BCUT2D eigenvalue weighted by molar-refractivity contribution is -0.120. The van der Waals surface area contributed by atoms with Gasteiger partial charge in [-0.1, -0.05) is 12.1 Å². The van der Waals surface area contributed by atoms with Crippen molar-refractivity contribution in [3.63, 3.8) is 0 Å². The van der Waals surface area contributed by atoms with Crippen molar-refractivity contribution >= 4 is 23.5 Å². The fraction of sp³-hybridized carbons (Fsp3) is 0.455. The van der Waals surface area contributed by atoms with Crippen LogP contribution in [0.1, 0.15) is 48.3 Å². The van der Waals surface area contributed by atoms with Crippen LogP contribution in [0.15, 0.2) is 30.5 Å². The average molecular weight is 416 g/mol. The van der Waals surface area contributed by atoms with E-state index in [0.717, 1.165) is 37.8 Å². The van der Waals surface area contributed by atoms with Gasteiger partial charge in [-0.2, -0.15) is 0 Å². The Morgan fingerprint density at radius 2 is 2.00 bits per heavy atom. The predicted octanol–water partition coefficient (Wildman–Crippen LogP) is 3.76. The molecular formula is C22H30FN5O2. The van der Waals surface area contributed by atoms with E-state index in [9.17, 15) is 14.0 Å². The molecule has 1 aliphatic heterocycles. The molecule has 4 rings (SSSR count). The molecule has 2 aromatic rings. The highest BCUT2D eigenvalue weighted by molar-refractivity contribution is 5.95. The maximum atomic E-state index is 14.5. The predicted molar refractivity (Wildman–Crippen MR) is 117 cm³/mol. The number of halogens is 1. The minimum atomic E-state index is -0.500. The van der Waals surface area contributed by atoms with Crippen molar-refractivity contribution in [1.82, 2.24) is 15.3 Å². The second-order valence-corrected chi connectivity index (χ2v) is 7.98. The summed E-state index contributed by atoms with van der Waals surface area (Å²) in [6, 6.07) is 7.66. The van der Waals surface area contributed by atoms with E-state index in [1.54, 1.807) is 17.0 Å². The zero-order valence-corrected chi connectivity index (χ0v) is 17.0. The highest BCUT2D eigenvalue weighted by Crippen LogP contribution is 2.29. The van der Waals surface area contributed by atoms with Gasteiger partial charge in [-0.3, -0.25) is 9.59 Å². The number of hydrogen-bond donors (Lipinski definition) is 2. The van der Waals surface area contributed by atoms with Crippen LogP contribution in [0.5, 0.6) is 0 Å². The first-order valence-electron chi connectivity index (χ1n) is 10.5. The lowest BCUT2D eigenvalue weighted by atomic mass is 9.91. The zero-order chi connectivity index (χ0) is 21.1. The Kier molecular flexibility index (Phi) is 5.92. The average Bonchev–Trinajstić information content (AvgIpc) is 3.16. The minimum absolute atomic E-state index is 0. The van der Waals surface area contributed by atoms with Crippen molar-refractivity contribution < 1.29 is 16.8 Å². The molecule has 1 aliphatic carbocycles. The summed E-state index contributed by atoms with van der Waals surface area (Å²) >= 11 is 0. The van der Waals surface area contributed by atoms with E-state index in [-0.39, 0.29) is 32.4 Å². The van der Waals surface area contributed by atoms with E-state index >= 15 is 0 Å². The largest absolute Gasteiger partial charge is 0.354 e. The number of nitrogens with one attached hydrogen (secondary N) is 2. The summed E-state index contributed by atoms with van der Waals surface area (Å²) in [5.41, 5.74) is 1.59. The van der Waals surface area contributed by atoms with Crippen LogP contribution in [0.25, 0.3) is 11.3 Å². The molecule has 2 amide bonds. The van der Waals surface area contributed by atoms with E-state index in [2.05, 4.69) is 20.6 Å². The summed E-state index contributed by atoms with van der Waals surface area (Å²) in [5.74, 6) is -0.0276. The van der Waals surface area contributed by atoms with E-state index in [0.29, 0.717) is 24.5 Å². The number of aromatic nitrogens is 2. The van der Waals surface area contributed by atoms with Gasteiger partial charge in [0, 0.05) is 46.1 Å². The number of nitrogens with zero attached hydrogens (tertiary/aromatic N) is 3. The number of anilines is 2. The fourth-order valence-corrected chi connectivity index (χ4v) is 4.23. The zero-order valence-electron chi connectivity index (χ0n) is 17.0. The van der Waals surface area contributed by atoms with Gasteiger partial charge < -0.3 is 15.5 Å². The quantitative estimate of drug-likeness (QED) is 0.776. The van der Waals surface area contributed by atoms with Gasteiger partial charge >= 0.3 is 0 Å². The number of amides is 2. The third kappa shape index (κ3) is 4.58. The minimum Gasteiger partial charge on any atom is -0.354 e. The molecule has 0 radical (unpaired) electrons. The van der Waals surface area contributed by atoms with Crippen LogP contribution >= 0.6 is 0 Å². The van der Waals surface area contributed by atoms with Crippen molar-refractivity contribution in [2.45, 2.75) is 57.5 Å². The summed E-state index contributed by atoms with van der Waals surface area (Å²) in [7, 11) is 0. The van der Waals surface area contributed by atoms with Crippen molar-refractivity contribution in [2.24, 2.45) is 0 Å². The molecule has 2 fully saturated rings. The summed E-state index contributed by atoms with van der Waals surface area (Å²) in [6.45, 7) is 2.22. The van der Waals surface area contributed by atoms with Crippen LogP contribution in [-0.4, -0.2) is 40.4 Å². The van der Waals surface area contributed by atoms with Crippen LogP contribution < -0.4 is 15.5 Å². The third-order valence-electron chi connectivity index (χ3n) is 5.72. The van der Waals surface area contributed by atoms with Gasteiger partial charge in [-0.05, 0) is 44.2 Å². The van der Waals surface area contributed by atoms with Gasteiger partial charge in [0.25, 0.3) is 0 Å². The molecule has 0 unspecified atom stereocenters. The Labute approximate surface area is 178 Å². The molecule has 2 N–H and O–H groups in total. The van der Waals surface area contributed by atoms with Crippen LogP contribution in [0, 0.1) is 5.82 Å². The van der Waals surface area contributed by atoms with Crippen LogP contribution in [0.2, 0.25) is 0 Å². The summed E-state index contributed by atoms with van der Waals surface area (Å²) in [6.07, 6.45) is 6.10. The molecule has 0 atom stereocenters. The molecule has 8 heteroatoms. The number of benzene rings is 1. The van der Waals surface area contributed by atoms with Gasteiger partial charge in [-0.15, -0.1) is 0 Å². The van der Waals surface area contributed by atoms with Crippen molar-refractivity contribution in [2.75, 3.05) is 16.8 Å². The van der Waals surface area contributed by atoms with E-state index in [1.165, 1.54) is 13.1 Å². The van der Waals surface area contributed by atoms with E-state index < -0.39 is 5.82 Å². The highest BCUT2D eigenvalue weighted by atomic mass is 19.1. The molecule has 2 aliphatic rings. The molecule has 1 saturated heterocycles. The summed E-state index contributed by atoms with van der Waals surface area (Å²) in [5, 5.41) is 6.26. The highest BCUT2D eigenvalue weighted by Gasteiger charge is 2.24. The Bertz CT molecular complexity index is 954. The number of carbonyl (C=O) groups excluding carboxylic acids is 2. The Morgan fingerprint density at radius 1 is 1.23 bits per heavy atom. The molecule has 0 bridgehead atoms. The van der Waals surface area contributed by atoms with Gasteiger partial charge in [0.2, 0.25) is 17.8 Å². The molecule has 1 saturated carbocycles. The van der Waals surface area contributed by atoms with Gasteiger partial charge in [-0.25, -0.2) is 14.4 Å². The number of rotatable bonds is 5. The van der Waals surface area contributed by atoms with Gasteiger partial charge in [0.15, 0.2) is 5.82 Å². The fourth-order valence-electron chi connectivity index (χ4n) is 4.23. The first kappa shape index (κ1) is 20.3. The molecule has 1 aromatic carbocycles.